The third kappa shape index (κ3) is 2.40. The topological polar surface area (TPSA) is 51.0 Å². The van der Waals surface area contributed by atoms with Crippen molar-refractivity contribution in [3.05, 3.63) is 22.3 Å². The Morgan fingerprint density at radius 2 is 2.29 bits per heavy atom. The number of rotatable bonds is 4. The normalized spacial score (nSPS) is 15.4. The Morgan fingerprint density at radius 1 is 1.47 bits per heavy atom. The molecule has 1 aliphatic carbocycles. The first kappa shape index (κ1) is 10.9. The van der Waals surface area contributed by atoms with E-state index in [4.69, 9.17) is 4.52 Å². The Bertz CT molecular complexity index is 508. The van der Waals surface area contributed by atoms with E-state index >= 15 is 0 Å². The van der Waals surface area contributed by atoms with E-state index in [2.05, 4.69) is 35.4 Å². The van der Waals surface area contributed by atoms with Gasteiger partial charge in [-0.3, -0.25) is 0 Å². The van der Waals surface area contributed by atoms with Crippen LogP contribution in [0, 0.1) is 13.8 Å². The quantitative estimate of drug-likeness (QED) is 0.905. The summed E-state index contributed by atoms with van der Waals surface area (Å²) in [6, 6.07) is 2.77. The van der Waals surface area contributed by atoms with Gasteiger partial charge in [0.05, 0.1) is 11.4 Å². The van der Waals surface area contributed by atoms with Gasteiger partial charge in [0.25, 0.3) is 5.89 Å². The number of hydrogen-bond donors (Lipinski definition) is 1. The maximum absolute atomic E-state index is 5.28. The molecule has 5 heteroatoms. The van der Waals surface area contributed by atoms with Gasteiger partial charge in [-0.15, -0.1) is 11.3 Å². The molecule has 0 atom stereocenters. The van der Waals surface area contributed by atoms with E-state index in [1.165, 1.54) is 23.3 Å². The second kappa shape index (κ2) is 4.23. The molecule has 1 saturated carbocycles. The summed E-state index contributed by atoms with van der Waals surface area (Å²) in [6.45, 7) is 4.91. The van der Waals surface area contributed by atoms with Crippen molar-refractivity contribution in [2.45, 2.75) is 39.3 Å². The first-order valence-electron chi connectivity index (χ1n) is 5.86. The van der Waals surface area contributed by atoms with E-state index in [9.17, 15) is 0 Å². The number of aromatic nitrogens is 2. The van der Waals surface area contributed by atoms with Crippen molar-refractivity contribution in [3.63, 3.8) is 0 Å². The van der Waals surface area contributed by atoms with Crippen LogP contribution >= 0.6 is 11.3 Å². The summed E-state index contributed by atoms with van der Waals surface area (Å²) in [5, 5.41) is 7.36. The third-order valence-electron chi connectivity index (χ3n) is 2.97. The van der Waals surface area contributed by atoms with Gasteiger partial charge >= 0.3 is 0 Å². The number of hydrogen-bond acceptors (Lipinski definition) is 5. The molecule has 3 rings (SSSR count). The van der Waals surface area contributed by atoms with Crippen LogP contribution < -0.4 is 5.32 Å². The van der Waals surface area contributed by atoms with E-state index in [1.54, 1.807) is 11.3 Å². The molecule has 0 aliphatic heterocycles. The van der Waals surface area contributed by atoms with Crippen LogP contribution in [0.15, 0.2) is 10.6 Å². The van der Waals surface area contributed by atoms with Crippen molar-refractivity contribution in [2.24, 2.45) is 0 Å². The van der Waals surface area contributed by atoms with E-state index in [0.29, 0.717) is 18.5 Å². The average Bonchev–Trinajstić information content (AvgIpc) is 2.92. The fraction of sp³-hybridized carbons (Fsp3) is 0.500. The van der Waals surface area contributed by atoms with E-state index in [0.717, 1.165) is 10.7 Å². The number of nitrogens with zero attached hydrogens (tertiary/aromatic N) is 2. The Kier molecular flexibility index (Phi) is 2.72. The smallest absolute Gasteiger partial charge is 0.268 e. The molecule has 2 aromatic rings. The van der Waals surface area contributed by atoms with Crippen LogP contribution in [0.5, 0.6) is 0 Å². The Balaban J connectivity index is 1.74. The molecule has 0 aromatic carbocycles. The fourth-order valence-corrected chi connectivity index (χ4v) is 2.58. The molecule has 1 aliphatic rings. The molecule has 2 aromatic heterocycles. The first-order valence-corrected chi connectivity index (χ1v) is 6.67. The lowest BCUT2D eigenvalue weighted by Crippen LogP contribution is -2.16. The molecule has 90 valence electrons. The summed E-state index contributed by atoms with van der Waals surface area (Å²) in [4.78, 5) is 6.77. The number of aryl methyl sites for hydroxylation is 2. The van der Waals surface area contributed by atoms with Gasteiger partial charge in [-0.2, -0.15) is 4.98 Å². The number of nitrogens with one attached hydrogen (secondary N) is 1. The van der Waals surface area contributed by atoms with Crippen molar-refractivity contribution in [2.75, 3.05) is 0 Å². The molecule has 1 fully saturated rings. The van der Waals surface area contributed by atoms with Gasteiger partial charge < -0.3 is 9.84 Å². The molecule has 4 nitrogen and oxygen atoms in total. The molecule has 17 heavy (non-hydrogen) atoms. The Morgan fingerprint density at radius 3 is 2.94 bits per heavy atom. The lowest BCUT2D eigenvalue weighted by molar-refractivity contribution is 0.420. The fourth-order valence-electron chi connectivity index (χ4n) is 1.63. The highest BCUT2D eigenvalue weighted by Gasteiger charge is 2.21. The Hall–Kier alpha value is -1.20. The maximum Gasteiger partial charge on any atom is 0.268 e. The molecular weight excluding hydrogens is 234 g/mol. The summed E-state index contributed by atoms with van der Waals surface area (Å²) < 4.78 is 5.28. The van der Waals surface area contributed by atoms with Crippen molar-refractivity contribution < 1.29 is 4.52 Å². The molecular formula is C12H15N3OS. The Labute approximate surface area is 104 Å². The zero-order valence-electron chi connectivity index (χ0n) is 9.99. The van der Waals surface area contributed by atoms with Gasteiger partial charge in [-0.1, -0.05) is 5.16 Å². The zero-order valence-corrected chi connectivity index (χ0v) is 10.8. The van der Waals surface area contributed by atoms with Gasteiger partial charge in [0.2, 0.25) is 0 Å². The van der Waals surface area contributed by atoms with Crippen LogP contribution in [0.3, 0.4) is 0 Å². The monoisotopic (exact) mass is 249 g/mol. The van der Waals surface area contributed by atoms with E-state index in [1.807, 2.05) is 0 Å². The highest BCUT2D eigenvalue weighted by molar-refractivity contribution is 7.15. The van der Waals surface area contributed by atoms with Crippen molar-refractivity contribution in [1.29, 1.82) is 0 Å². The minimum atomic E-state index is 0.638. The van der Waals surface area contributed by atoms with E-state index in [-0.39, 0.29) is 0 Å². The van der Waals surface area contributed by atoms with Crippen LogP contribution in [-0.4, -0.2) is 16.2 Å². The third-order valence-corrected chi connectivity index (χ3v) is 4.11. The number of thiophene rings is 1. The van der Waals surface area contributed by atoms with Crippen LogP contribution in [0.2, 0.25) is 0 Å². The second-order valence-corrected chi connectivity index (χ2v) is 5.78. The van der Waals surface area contributed by atoms with Crippen LogP contribution in [-0.2, 0) is 6.54 Å². The largest absolute Gasteiger partial charge is 0.333 e. The molecule has 0 unspecified atom stereocenters. The van der Waals surface area contributed by atoms with Crippen LogP contribution in [0.25, 0.3) is 10.8 Å². The first-order chi connectivity index (χ1) is 8.22. The van der Waals surface area contributed by atoms with Gasteiger partial charge in [0.15, 0.2) is 5.82 Å². The minimum Gasteiger partial charge on any atom is -0.333 e. The molecule has 2 heterocycles. The minimum absolute atomic E-state index is 0.638. The summed E-state index contributed by atoms with van der Waals surface area (Å²) in [5.74, 6) is 1.38. The molecule has 0 spiro atoms. The van der Waals surface area contributed by atoms with E-state index < -0.39 is 0 Å². The molecule has 0 amide bonds. The predicted molar refractivity (Wildman–Crippen MR) is 66.9 cm³/mol. The summed E-state index contributed by atoms with van der Waals surface area (Å²) in [7, 11) is 0. The lowest BCUT2D eigenvalue weighted by atomic mass is 10.3. The van der Waals surface area contributed by atoms with Crippen molar-refractivity contribution in [1.82, 2.24) is 15.5 Å². The molecule has 0 radical (unpaired) electrons. The summed E-state index contributed by atoms with van der Waals surface area (Å²) in [5.41, 5.74) is 1.28. The van der Waals surface area contributed by atoms with Gasteiger partial charge in [-0.05, 0) is 38.3 Å². The average molecular weight is 249 g/mol. The van der Waals surface area contributed by atoms with Crippen molar-refractivity contribution >= 4 is 11.3 Å². The highest BCUT2D eigenvalue weighted by atomic mass is 32.1. The molecule has 1 N–H and O–H groups in total. The maximum atomic E-state index is 5.28. The highest BCUT2D eigenvalue weighted by Crippen LogP contribution is 2.29. The summed E-state index contributed by atoms with van der Waals surface area (Å²) in [6.07, 6.45) is 2.54. The standard InChI is InChI=1S/C12H15N3OS/c1-7-5-10(17-8(7)2)12-14-11(15-16-12)6-13-9-3-4-9/h5,9,13H,3-4,6H2,1-2H3. The van der Waals surface area contributed by atoms with Crippen LogP contribution in [0.4, 0.5) is 0 Å². The van der Waals surface area contributed by atoms with Crippen LogP contribution in [0.1, 0.15) is 29.1 Å². The summed E-state index contributed by atoms with van der Waals surface area (Å²) >= 11 is 1.70. The van der Waals surface area contributed by atoms with Gasteiger partial charge in [-0.25, -0.2) is 0 Å². The zero-order chi connectivity index (χ0) is 11.8. The SMILES string of the molecule is Cc1cc(-c2nc(CNC3CC3)no2)sc1C. The van der Waals surface area contributed by atoms with Crippen molar-refractivity contribution in [3.8, 4) is 10.8 Å². The predicted octanol–water partition coefficient (Wildman–Crippen LogP) is 2.67. The van der Waals surface area contributed by atoms with Gasteiger partial charge in [0.1, 0.15) is 0 Å². The van der Waals surface area contributed by atoms with Gasteiger partial charge in [0, 0.05) is 10.9 Å². The molecule has 0 saturated heterocycles. The second-order valence-electron chi connectivity index (χ2n) is 4.52. The lowest BCUT2D eigenvalue weighted by Gasteiger charge is -1.94. The molecule has 0 bridgehead atoms.